The van der Waals surface area contributed by atoms with Crippen LogP contribution in [0.3, 0.4) is 0 Å². The van der Waals surface area contributed by atoms with Crippen LogP contribution < -0.4 is 5.73 Å². The molecule has 0 spiro atoms. The number of ether oxygens (including phenoxy) is 1. The van der Waals surface area contributed by atoms with Gasteiger partial charge >= 0.3 is 5.97 Å². The van der Waals surface area contributed by atoms with Gasteiger partial charge in [-0.05, 0) is 18.9 Å². The summed E-state index contributed by atoms with van der Waals surface area (Å²) in [5.41, 5.74) is 5.81. The summed E-state index contributed by atoms with van der Waals surface area (Å²) in [6.07, 6.45) is 7.04. The fraction of sp³-hybridized carbons (Fsp3) is 0.588. The molecule has 0 aromatic heterocycles. The van der Waals surface area contributed by atoms with Crippen molar-refractivity contribution in [3.63, 3.8) is 0 Å². The Bertz CT molecular complexity index is 387. The van der Waals surface area contributed by atoms with Gasteiger partial charge in [0, 0.05) is 0 Å². The van der Waals surface area contributed by atoms with Crippen LogP contribution in [0.15, 0.2) is 30.3 Å². The van der Waals surface area contributed by atoms with Crippen LogP contribution in [0.5, 0.6) is 0 Å². The number of benzene rings is 1. The molecule has 1 unspecified atom stereocenters. The molecule has 0 fully saturated rings. The van der Waals surface area contributed by atoms with E-state index in [1.807, 2.05) is 30.3 Å². The van der Waals surface area contributed by atoms with Gasteiger partial charge in [-0.25, -0.2) is 4.79 Å². The van der Waals surface area contributed by atoms with Crippen molar-refractivity contribution < 1.29 is 9.53 Å². The Morgan fingerprint density at radius 2 is 1.70 bits per heavy atom. The highest BCUT2D eigenvalue weighted by Gasteiger charge is 2.31. The van der Waals surface area contributed by atoms with E-state index in [1.165, 1.54) is 25.7 Å². The lowest BCUT2D eigenvalue weighted by atomic mass is 9.93. The SMILES string of the molecule is CCCCCCCCOC(=O)C(C)(N)c1ccccc1. The molecule has 0 heterocycles. The molecule has 0 aliphatic rings. The monoisotopic (exact) mass is 277 g/mol. The van der Waals surface area contributed by atoms with Crippen LogP contribution in [0.1, 0.15) is 57.9 Å². The van der Waals surface area contributed by atoms with E-state index in [2.05, 4.69) is 6.92 Å². The second-order valence-electron chi connectivity index (χ2n) is 5.47. The van der Waals surface area contributed by atoms with Crippen LogP contribution in [-0.2, 0) is 15.1 Å². The summed E-state index contributed by atoms with van der Waals surface area (Å²) in [5, 5.41) is 0. The largest absolute Gasteiger partial charge is 0.464 e. The van der Waals surface area contributed by atoms with E-state index < -0.39 is 5.54 Å². The minimum Gasteiger partial charge on any atom is -0.464 e. The number of hydrogen-bond donors (Lipinski definition) is 1. The molecule has 1 rings (SSSR count). The summed E-state index contributed by atoms with van der Waals surface area (Å²) in [5.74, 6) is -0.350. The lowest BCUT2D eigenvalue weighted by molar-refractivity contribution is -0.150. The van der Waals surface area contributed by atoms with Gasteiger partial charge in [-0.15, -0.1) is 0 Å². The number of nitrogens with two attached hydrogens (primary N) is 1. The van der Waals surface area contributed by atoms with Crippen molar-refractivity contribution in [2.75, 3.05) is 6.61 Å². The molecule has 0 amide bonds. The van der Waals surface area contributed by atoms with Gasteiger partial charge in [0.05, 0.1) is 6.61 Å². The number of hydrogen-bond acceptors (Lipinski definition) is 3. The Morgan fingerprint density at radius 1 is 1.10 bits per heavy atom. The molecule has 0 saturated heterocycles. The van der Waals surface area contributed by atoms with Crippen molar-refractivity contribution in [3.05, 3.63) is 35.9 Å². The summed E-state index contributed by atoms with van der Waals surface area (Å²) in [4.78, 5) is 12.1. The lowest BCUT2D eigenvalue weighted by Gasteiger charge is -2.23. The molecule has 1 atom stereocenters. The van der Waals surface area contributed by atoms with Crippen molar-refractivity contribution in [3.8, 4) is 0 Å². The number of esters is 1. The van der Waals surface area contributed by atoms with Crippen molar-refractivity contribution in [2.45, 2.75) is 57.9 Å². The van der Waals surface area contributed by atoms with Gasteiger partial charge in [-0.1, -0.05) is 69.4 Å². The van der Waals surface area contributed by atoms with Gasteiger partial charge in [0.15, 0.2) is 0 Å². The molecule has 3 heteroatoms. The minimum atomic E-state index is -1.07. The fourth-order valence-corrected chi connectivity index (χ4v) is 2.10. The third-order valence-electron chi connectivity index (χ3n) is 3.53. The van der Waals surface area contributed by atoms with Gasteiger partial charge in [-0.3, -0.25) is 0 Å². The van der Waals surface area contributed by atoms with Crippen LogP contribution in [0, 0.1) is 0 Å². The van der Waals surface area contributed by atoms with E-state index in [0.717, 1.165) is 18.4 Å². The Balaban J connectivity index is 2.28. The quantitative estimate of drug-likeness (QED) is 0.552. The minimum absolute atomic E-state index is 0.350. The van der Waals surface area contributed by atoms with Gasteiger partial charge in [0.25, 0.3) is 0 Å². The van der Waals surface area contributed by atoms with E-state index in [0.29, 0.717) is 6.61 Å². The molecule has 0 saturated carbocycles. The smallest absolute Gasteiger partial charge is 0.330 e. The molecule has 0 aliphatic heterocycles. The first-order valence-corrected chi connectivity index (χ1v) is 7.60. The number of carbonyl (C=O) groups is 1. The maximum atomic E-state index is 12.1. The normalized spacial score (nSPS) is 13.8. The van der Waals surface area contributed by atoms with E-state index in [4.69, 9.17) is 10.5 Å². The van der Waals surface area contributed by atoms with Gasteiger partial charge in [-0.2, -0.15) is 0 Å². The molecule has 1 aromatic rings. The number of unbranched alkanes of at least 4 members (excludes halogenated alkanes) is 5. The third-order valence-corrected chi connectivity index (χ3v) is 3.53. The van der Waals surface area contributed by atoms with Crippen LogP contribution in [0.2, 0.25) is 0 Å². The van der Waals surface area contributed by atoms with E-state index in [-0.39, 0.29) is 5.97 Å². The van der Waals surface area contributed by atoms with Gasteiger partial charge < -0.3 is 10.5 Å². The summed E-state index contributed by atoms with van der Waals surface area (Å²) in [6.45, 7) is 4.37. The molecule has 3 nitrogen and oxygen atoms in total. The Kier molecular flexibility index (Phi) is 7.31. The zero-order chi connectivity index (χ0) is 14.8. The summed E-state index contributed by atoms with van der Waals surface area (Å²) < 4.78 is 5.30. The van der Waals surface area contributed by atoms with Gasteiger partial charge in [0.2, 0.25) is 0 Å². The van der Waals surface area contributed by atoms with E-state index >= 15 is 0 Å². The molecular formula is C17H27NO2. The maximum Gasteiger partial charge on any atom is 0.330 e. The van der Waals surface area contributed by atoms with Crippen LogP contribution >= 0.6 is 0 Å². The van der Waals surface area contributed by atoms with E-state index in [1.54, 1.807) is 6.92 Å². The Morgan fingerprint density at radius 3 is 2.35 bits per heavy atom. The first kappa shape index (κ1) is 16.7. The molecule has 0 radical (unpaired) electrons. The van der Waals surface area contributed by atoms with Crippen LogP contribution in [0.4, 0.5) is 0 Å². The first-order valence-electron chi connectivity index (χ1n) is 7.60. The predicted molar refractivity (Wildman–Crippen MR) is 82.3 cm³/mol. The van der Waals surface area contributed by atoms with Crippen molar-refractivity contribution in [1.82, 2.24) is 0 Å². The fourth-order valence-electron chi connectivity index (χ4n) is 2.10. The lowest BCUT2D eigenvalue weighted by Crippen LogP contribution is -2.43. The maximum absolute atomic E-state index is 12.1. The van der Waals surface area contributed by atoms with Crippen LogP contribution in [0.25, 0.3) is 0 Å². The third kappa shape index (κ3) is 5.33. The highest BCUT2D eigenvalue weighted by Crippen LogP contribution is 2.19. The Labute approximate surface area is 122 Å². The Hall–Kier alpha value is -1.35. The highest BCUT2D eigenvalue weighted by molar-refractivity contribution is 5.81. The van der Waals surface area contributed by atoms with Crippen molar-refractivity contribution >= 4 is 5.97 Å². The van der Waals surface area contributed by atoms with Gasteiger partial charge in [0.1, 0.15) is 5.54 Å². The molecule has 1 aromatic carbocycles. The molecule has 112 valence electrons. The number of rotatable bonds is 9. The van der Waals surface area contributed by atoms with E-state index in [9.17, 15) is 4.79 Å². The average Bonchev–Trinajstić information content (AvgIpc) is 2.47. The summed E-state index contributed by atoms with van der Waals surface area (Å²) in [6, 6.07) is 9.36. The van der Waals surface area contributed by atoms with Crippen molar-refractivity contribution in [2.24, 2.45) is 5.73 Å². The standard InChI is InChI=1S/C17H27NO2/c1-3-4-5-6-7-11-14-20-16(19)17(2,18)15-12-9-8-10-13-15/h8-10,12-13H,3-7,11,14,18H2,1-2H3. The molecule has 0 aliphatic carbocycles. The zero-order valence-corrected chi connectivity index (χ0v) is 12.7. The topological polar surface area (TPSA) is 52.3 Å². The molecule has 0 bridgehead atoms. The second kappa shape index (κ2) is 8.75. The molecular weight excluding hydrogens is 250 g/mol. The second-order valence-corrected chi connectivity index (χ2v) is 5.47. The summed E-state index contributed by atoms with van der Waals surface area (Å²) >= 11 is 0. The summed E-state index contributed by atoms with van der Waals surface area (Å²) in [7, 11) is 0. The number of carbonyl (C=O) groups excluding carboxylic acids is 1. The van der Waals surface area contributed by atoms with Crippen molar-refractivity contribution in [1.29, 1.82) is 0 Å². The zero-order valence-electron chi connectivity index (χ0n) is 12.7. The molecule has 2 N–H and O–H groups in total. The highest BCUT2D eigenvalue weighted by atomic mass is 16.5. The van der Waals surface area contributed by atoms with Crippen LogP contribution in [-0.4, -0.2) is 12.6 Å². The molecule has 20 heavy (non-hydrogen) atoms. The first-order chi connectivity index (χ1) is 9.59. The average molecular weight is 277 g/mol. The predicted octanol–water partition coefficient (Wildman–Crippen LogP) is 3.76.